The summed E-state index contributed by atoms with van der Waals surface area (Å²) in [6, 6.07) is 7.41. The Bertz CT molecular complexity index is 460. The zero-order valence-electron chi connectivity index (χ0n) is 12.7. The van der Waals surface area contributed by atoms with Gasteiger partial charge in [-0.2, -0.15) is 0 Å². The first-order chi connectivity index (χ1) is 10.2. The molecular formula is C17H25FN2O. The average Bonchev–Trinajstić information content (AvgIpc) is 2.49. The van der Waals surface area contributed by atoms with E-state index >= 15 is 0 Å². The molecule has 3 rings (SSSR count). The largest absolute Gasteiger partial charge is 0.375 e. The fourth-order valence-electron chi connectivity index (χ4n) is 3.93. The number of nitrogens with zero attached hydrogens (tertiary/aromatic N) is 1. The number of hydrogen-bond donors (Lipinski definition) is 1. The summed E-state index contributed by atoms with van der Waals surface area (Å²) in [7, 11) is 0. The second-order valence-electron chi connectivity index (χ2n) is 6.35. The fourth-order valence-corrected chi connectivity index (χ4v) is 3.93. The van der Waals surface area contributed by atoms with Crippen LogP contribution < -0.4 is 5.73 Å². The van der Waals surface area contributed by atoms with Gasteiger partial charge < -0.3 is 10.5 Å². The van der Waals surface area contributed by atoms with Crippen LogP contribution in [-0.2, 0) is 4.74 Å². The molecule has 0 radical (unpaired) electrons. The van der Waals surface area contributed by atoms with Crippen molar-refractivity contribution in [1.29, 1.82) is 0 Å². The molecule has 1 heterocycles. The van der Waals surface area contributed by atoms with Gasteiger partial charge in [-0.25, -0.2) is 4.39 Å². The van der Waals surface area contributed by atoms with Crippen molar-refractivity contribution in [2.24, 2.45) is 5.73 Å². The topological polar surface area (TPSA) is 38.5 Å². The van der Waals surface area contributed by atoms with Crippen molar-refractivity contribution in [2.45, 2.75) is 56.8 Å². The third-order valence-electron chi connectivity index (χ3n) is 4.84. The van der Waals surface area contributed by atoms with Gasteiger partial charge in [0.2, 0.25) is 0 Å². The van der Waals surface area contributed by atoms with Crippen molar-refractivity contribution in [1.82, 2.24) is 4.90 Å². The highest BCUT2D eigenvalue weighted by atomic mass is 19.1. The quantitative estimate of drug-likeness (QED) is 0.931. The Morgan fingerprint density at radius 3 is 2.67 bits per heavy atom. The molecule has 1 aromatic carbocycles. The summed E-state index contributed by atoms with van der Waals surface area (Å²) in [6.45, 7) is 3.72. The molecule has 2 N–H and O–H groups in total. The summed E-state index contributed by atoms with van der Waals surface area (Å²) in [5, 5.41) is 0. The molecule has 1 saturated carbocycles. The summed E-state index contributed by atoms with van der Waals surface area (Å²) in [5.74, 6) is -0.195. The standard InChI is InChI=1S/C17H25FN2O/c1-12(19)17(13-6-8-14(18)9-7-13)20-10-11-21-16-5-3-2-4-15(16)20/h6-9,12,15-17H,2-5,10-11,19H2,1H3. The monoisotopic (exact) mass is 292 g/mol. The molecule has 1 aliphatic carbocycles. The molecular weight excluding hydrogens is 267 g/mol. The predicted octanol–water partition coefficient (Wildman–Crippen LogP) is 2.86. The highest BCUT2D eigenvalue weighted by molar-refractivity contribution is 5.22. The molecule has 1 aliphatic heterocycles. The van der Waals surface area contributed by atoms with Gasteiger partial charge in [0.1, 0.15) is 5.82 Å². The Labute approximate surface area is 126 Å². The zero-order valence-corrected chi connectivity index (χ0v) is 12.7. The molecule has 21 heavy (non-hydrogen) atoms. The second kappa shape index (κ2) is 6.42. The van der Waals surface area contributed by atoms with Gasteiger partial charge in [-0.05, 0) is 37.5 Å². The third kappa shape index (κ3) is 3.12. The fraction of sp³-hybridized carbons (Fsp3) is 0.647. The Morgan fingerprint density at radius 1 is 1.24 bits per heavy atom. The molecule has 0 amide bonds. The number of nitrogens with two attached hydrogens (primary N) is 1. The molecule has 4 heteroatoms. The lowest BCUT2D eigenvalue weighted by molar-refractivity contribution is -0.106. The van der Waals surface area contributed by atoms with E-state index in [0.29, 0.717) is 12.1 Å². The Balaban J connectivity index is 1.87. The first-order valence-electron chi connectivity index (χ1n) is 8.05. The number of ether oxygens (including phenoxy) is 1. The van der Waals surface area contributed by atoms with Crippen LogP contribution in [0.5, 0.6) is 0 Å². The highest BCUT2D eigenvalue weighted by Gasteiger charge is 2.39. The second-order valence-corrected chi connectivity index (χ2v) is 6.35. The van der Waals surface area contributed by atoms with Crippen LogP contribution in [0.2, 0.25) is 0 Å². The van der Waals surface area contributed by atoms with Crippen LogP contribution in [-0.4, -0.2) is 36.2 Å². The van der Waals surface area contributed by atoms with Crippen molar-refractivity contribution >= 4 is 0 Å². The summed E-state index contributed by atoms with van der Waals surface area (Å²) in [6.07, 6.45) is 5.18. The van der Waals surface area contributed by atoms with Crippen molar-refractivity contribution in [3.8, 4) is 0 Å². The van der Waals surface area contributed by atoms with E-state index in [2.05, 4.69) is 4.90 Å². The van der Waals surface area contributed by atoms with Crippen LogP contribution in [0, 0.1) is 5.82 Å². The van der Waals surface area contributed by atoms with Gasteiger partial charge >= 0.3 is 0 Å². The van der Waals surface area contributed by atoms with Crippen LogP contribution in [0.15, 0.2) is 24.3 Å². The molecule has 2 aliphatic rings. The maximum absolute atomic E-state index is 13.2. The van der Waals surface area contributed by atoms with E-state index in [0.717, 1.165) is 25.1 Å². The van der Waals surface area contributed by atoms with E-state index in [1.165, 1.54) is 31.4 Å². The van der Waals surface area contributed by atoms with Crippen LogP contribution >= 0.6 is 0 Å². The van der Waals surface area contributed by atoms with Crippen molar-refractivity contribution in [3.63, 3.8) is 0 Å². The third-order valence-corrected chi connectivity index (χ3v) is 4.84. The van der Waals surface area contributed by atoms with Crippen LogP contribution in [0.4, 0.5) is 4.39 Å². The maximum Gasteiger partial charge on any atom is 0.123 e. The summed E-state index contributed by atoms with van der Waals surface area (Å²) >= 11 is 0. The number of benzene rings is 1. The smallest absolute Gasteiger partial charge is 0.123 e. The van der Waals surface area contributed by atoms with Crippen molar-refractivity contribution in [3.05, 3.63) is 35.6 Å². The lowest BCUT2D eigenvalue weighted by Crippen LogP contribution is -2.56. The molecule has 1 aromatic rings. The van der Waals surface area contributed by atoms with Gasteiger partial charge in [-0.15, -0.1) is 0 Å². The Hall–Kier alpha value is -0.970. The summed E-state index contributed by atoms with van der Waals surface area (Å²) in [4.78, 5) is 2.51. The van der Waals surface area contributed by atoms with Crippen LogP contribution in [0.1, 0.15) is 44.2 Å². The average molecular weight is 292 g/mol. The first kappa shape index (κ1) is 14.9. The molecule has 1 saturated heterocycles. The van der Waals surface area contributed by atoms with Gasteiger partial charge in [0, 0.05) is 18.6 Å². The SMILES string of the molecule is CC(N)C(c1ccc(F)cc1)N1CCOC2CCCCC21. The molecule has 3 nitrogen and oxygen atoms in total. The lowest BCUT2D eigenvalue weighted by Gasteiger charge is -2.48. The Kier molecular flexibility index (Phi) is 4.57. The molecule has 4 unspecified atom stereocenters. The zero-order chi connectivity index (χ0) is 14.8. The molecule has 4 atom stereocenters. The van der Waals surface area contributed by atoms with E-state index in [1.54, 1.807) is 0 Å². The van der Waals surface area contributed by atoms with Crippen molar-refractivity contribution in [2.75, 3.05) is 13.2 Å². The predicted molar refractivity (Wildman–Crippen MR) is 81.5 cm³/mol. The van der Waals surface area contributed by atoms with Gasteiger partial charge in [0.15, 0.2) is 0 Å². The van der Waals surface area contributed by atoms with Gasteiger partial charge in [-0.1, -0.05) is 25.0 Å². The number of rotatable bonds is 3. The normalized spacial score (nSPS) is 29.7. The maximum atomic E-state index is 13.2. The number of halogens is 1. The number of morpholine rings is 1. The molecule has 0 spiro atoms. The first-order valence-corrected chi connectivity index (χ1v) is 8.05. The van der Waals surface area contributed by atoms with E-state index in [-0.39, 0.29) is 17.9 Å². The van der Waals surface area contributed by atoms with Gasteiger partial charge in [-0.3, -0.25) is 4.90 Å². The van der Waals surface area contributed by atoms with E-state index < -0.39 is 0 Å². The number of hydrogen-bond acceptors (Lipinski definition) is 3. The minimum atomic E-state index is -0.195. The van der Waals surface area contributed by atoms with E-state index in [9.17, 15) is 4.39 Å². The van der Waals surface area contributed by atoms with Crippen LogP contribution in [0.25, 0.3) is 0 Å². The minimum Gasteiger partial charge on any atom is -0.375 e. The Morgan fingerprint density at radius 2 is 1.95 bits per heavy atom. The van der Waals surface area contributed by atoms with Crippen molar-refractivity contribution < 1.29 is 9.13 Å². The summed E-state index contributed by atoms with van der Waals surface area (Å²) < 4.78 is 19.2. The number of fused-ring (bicyclic) bond motifs is 1. The summed E-state index contributed by atoms with van der Waals surface area (Å²) in [5.41, 5.74) is 7.39. The van der Waals surface area contributed by atoms with Gasteiger partial charge in [0.05, 0.1) is 18.8 Å². The minimum absolute atomic E-state index is 0.0103. The van der Waals surface area contributed by atoms with Crippen LogP contribution in [0.3, 0.4) is 0 Å². The lowest BCUT2D eigenvalue weighted by atomic mass is 9.87. The highest BCUT2D eigenvalue weighted by Crippen LogP contribution is 2.35. The molecule has 116 valence electrons. The van der Waals surface area contributed by atoms with E-state index in [1.807, 2.05) is 19.1 Å². The van der Waals surface area contributed by atoms with E-state index in [4.69, 9.17) is 10.5 Å². The molecule has 0 aromatic heterocycles. The van der Waals surface area contributed by atoms with Gasteiger partial charge in [0.25, 0.3) is 0 Å². The molecule has 2 fully saturated rings. The molecule has 0 bridgehead atoms.